The number of benzene rings is 1. The third-order valence-corrected chi connectivity index (χ3v) is 6.57. The number of hydrogen-bond acceptors (Lipinski definition) is 4. The predicted molar refractivity (Wildman–Crippen MR) is 112 cm³/mol. The zero-order chi connectivity index (χ0) is 18.4. The van der Waals surface area contributed by atoms with Crippen LogP contribution in [0.3, 0.4) is 0 Å². The minimum absolute atomic E-state index is 0.0258. The normalized spacial score (nSPS) is 14.0. The van der Waals surface area contributed by atoms with Crippen LogP contribution in [0.15, 0.2) is 29.1 Å². The molecular formula is C20H19ClN4OS. The summed E-state index contributed by atoms with van der Waals surface area (Å²) in [7, 11) is 0. The fourth-order valence-corrected chi connectivity index (χ4v) is 5.30. The molecule has 5 nitrogen and oxygen atoms in total. The lowest BCUT2D eigenvalue weighted by atomic mass is 9.97. The number of nitrogens with one attached hydrogen (secondary N) is 3. The van der Waals surface area contributed by atoms with Gasteiger partial charge in [0.1, 0.15) is 4.83 Å². The fraction of sp³-hybridized carbons (Fsp3) is 0.300. The lowest BCUT2D eigenvalue weighted by Crippen LogP contribution is -2.15. The highest BCUT2D eigenvalue weighted by Gasteiger charge is 2.19. The van der Waals surface area contributed by atoms with Crippen LogP contribution in [-0.4, -0.2) is 21.5 Å². The molecule has 0 saturated heterocycles. The molecule has 5 rings (SSSR count). The van der Waals surface area contributed by atoms with Gasteiger partial charge in [-0.1, -0.05) is 11.6 Å². The number of aromatic nitrogens is 3. The summed E-state index contributed by atoms with van der Waals surface area (Å²) in [6, 6.07) is 7.93. The molecule has 0 saturated carbocycles. The first-order chi connectivity index (χ1) is 13.2. The average molecular weight is 399 g/mol. The van der Waals surface area contributed by atoms with E-state index in [1.807, 2.05) is 18.2 Å². The standard InChI is InChI=1S/C20H19ClN4OS/c21-12-5-6-15-11(9-12)10-13(23-15)7-8-22-20-24-18(26)17-14-3-1-2-4-16(14)27-19(17)25-20/h5-6,9-10,23H,1-4,7-8H2,(H2,22,24,25,26). The average Bonchev–Trinajstić information content (AvgIpc) is 3.21. The van der Waals surface area contributed by atoms with Gasteiger partial charge in [-0.3, -0.25) is 9.78 Å². The van der Waals surface area contributed by atoms with Crippen molar-refractivity contribution in [1.82, 2.24) is 15.0 Å². The lowest BCUT2D eigenvalue weighted by Gasteiger charge is -2.09. The van der Waals surface area contributed by atoms with Crippen LogP contribution < -0.4 is 10.9 Å². The molecule has 0 atom stereocenters. The van der Waals surface area contributed by atoms with Crippen molar-refractivity contribution >= 4 is 50.0 Å². The summed E-state index contributed by atoms with van der Waals surface area (Å²) in [6.45, 7) is 0.681. The van der Waals surface area contributed by atoms with Gasteiger partial charge < -0.3 is 10.3 Å². The van der Waals surface area contributed by atoms with E-state index < -0.39 is 0 Å². The van der Waals surface area contributed by atoms with Gasteiger partial charge >= 0.3 is 0 Å². The Kier molecular flexibility index (Phi) is 4.17. The fourth-order valence-electron chi connectivity index (χ4n) is 3.86. The third kappa shape index (κ3) is 3.13. The Hall–Kier alpha value is -2.31. The van der Waals surface area contributed by atoms with Crippen molar-refractivity contribution in [1.29, 1.82) is 0 Å². The number of hydrogen-bond donors (Lipinski definition) is 3. The Labute approximate surface area is 164 Å². The van der Waals surface area contributed by atoms with E-state index in [-0.39, 0.29) is 5.56 Å². The van der Waals surface area contributed by atoms with Crippen LogP contribution in [0.2, 0.25) is 5.02 Å². The maximum absolute atomic E-state index is 12.6. The van der Waals surface area contributed by atoms with Crippen molar-refractivity contribution in [2.24, 2.45) is 0 Å². The van der Waals surface area contributed by atoms with E-state index in [1.54, 1.807) is 11.3 Å². The largest absolute Gasteiger partial charge is 0.358 e. The van der Waals surface area contributed by atoms with Gasteiger partial charge in [-0.15, -0.1) is 11.3 Å². The van der Waals surface area contributed by atoms with E-state index >= 15 is 0 Å². The first-order valence-corrected chi connectivity index (χ1v) is 10.4. The highest BCUT2D eigenvalue weighted by Crippen LogP contribution is 2.33. The first-order valence-electron chi connectivity index (χ1n) is 9.23. The molecule has 27 heavy (non-hydrogen) atoms. The molecule has 7 heteroatoms. The smallest absolute Gasteiger partial charge is 0.261 e. The zero-order valence-electron chi connectivity index (χ0n) is 14.7. The molecule has 0 aliphatic heterocycles. The van der Waals surface area contributed by atoms with Crippen LogP contribution in [0.5, 0.6) is 0 Å². The topological polar surface area (TPSA) is 73.6 Å². The summed E-state index contributed by atoms with van der Waals surface area (Å²) in [5.74, 6) is 0.547. The van der Waals surface area contributed by atoms with Crippen molar-refractivity contribution in [3.8, 4) is 0 Å². The molecular weight excluding hydrogens is 380 g/mol. The third-order valence-electron chi connectivity index (χ3n) is 5.15. The van der Waals surface area contributed by atoms with Gasteiger partial charge in [0.05, 0.1) is 5.39 Å². The summed E-state index contributed by atoms with van der Waals surface area (Å²) in [5, 5.41) is 5.90. The minimum atomic E-state index is -0.0258. The molecule has 4 aromatic rings. The van der Waals surface area contributed by atoms with Gasteiger partial charge in [0, 0.05) is 39.5 Å². The molecule has 3 aromatic heterocycles. The van der Waals surface area contributed by atoms with Gasteiger partial charge in [0.2, 0.25) is 5.95 Å². The molecule has 3 heterocycles. The summed E-state index contributed by atoms with van der Waals surface area (Å²) >= 11 is 7.72. The molecule has 0 unspecified atom stereocenters. The SMILES string of the molecule is O=c1[nH]c(NCCc2cc3cc(Cl)ccc3[nH]2)nc2sc3c(c12)CCCC3. The molecule has 3 N–H and O–H groups in total. The van der Waals surface area contributed by atoms with E-state index in [0.29, 0.717) is 12.5 Å². The van der Waals surface area contributed by atoms with Crippen LogP contribution in [0.4, 0.5) is 5.95 Å². The van der Waals surface area contributed by atoms with Gasteiger partial charge in [-0.05, 0) is 55.5 Å². The Morgan fingerprint density at radius 2 is 2.07 bits per heavy atom. The first kappa shape index (κ1) is 16.8. The zero-order valence-corrected chi connectivity index (χ0v) is 16.3. The summed E-state index contributed by atoms with van der Waals surface area (Å²) in [5.41, 5.74) is 3.39. The van der Waals surface area contributed by atoms with E-state index in [9.17, 15) is 4.79 Å². The van der Waals surface area contributed by atoms with Gasteiger partial charge in [-0.2, -0.15) is 0 Å². The van der Waals surface area contributed by atoms with E-state index in [4.69, 9.17) is 11.6 Å². The maximum Gasteiger partial charge on any atom is 0.261 e. The summed E-state index contributed by atoms with van der Waals surface area (Å²) in [4.78, 5) is 25.7. The van der Waals surface area contributed by atoms with Crippen LogP contribution in [0, 0.1) is 0 Å². The molecule has 1 aromatic carbocycles. The number of rotatable bonds is 4. The van der Waals surface area contributed by atoms with E-state index in [1.165, 1.54) is 16.9 Å². The van der Waals surface area contributed by atoms with Crippen LogP contribution in [-0.2, 0) is 19.3 Å². The van der Waals surface area contributed by atoms with E-state index in [0.717, 1.165) is 57.5 Å². The molecule has 0 amide bonds. The van der Waals surface area contributed by atoms with Crippen molar-refractivity contribution < 1.29 is 0 Å². The number of thiophene rings is 1. The van der Waals surface area contributed by atoms with Crippen LogP contribution >= 0.6 is 22.9 Å². The second kappa shape index (κ2) is 6.69. The number of H-pyrrole nitrogens is 2. The monoisotopic (exact) mass is 398 g/mol. The number of aryl methyl sites for hydroxylation is 2. The van der Waals surface area contributed by atoms with Crippen molar-refractivity contribution in [2.75, 3.05) is 11.9 Å². The van der Waals surface area contributed by atoms with Crippen LogP contribution in [0.1, 0.15) is 29.0 Å². The highest BCUT2D eigenvalue weighted by atomic mass is 35.5. The molecule has 0 fully saturated rings. The second-order valence-corrected chi connectivity index (χ2v) is 8.53. The molecule has 0 spiro atoms. The molecule has 1 aliphatic carbocycles. The Morgan fingerprint density at radius 3 is 3.00 bits per heavy atom. The minimum Gasteiger partial charge on any atom is -0.358 e. The molecule has 0 radical (unpaired) electrons. The number of nitrogens with zero attached hydrogens (tertiary/aromatic N) is 1. The van der Waals surface area contributed by atoms with E-state index in [2.05, 4.69) is 26.3 Å². The van der Waals surface area contributed by atoms with Gasteiger partial charge in [0.25, 0.3) is 5.56 Å². The number of halogens is 1. The second-order valence-electron chi connectivity index (χ2n) is 7.01. The number of fused-ring (bicyclic) bond motifs is 4. The molecule has 138 valence electrons. The molecule has 0 bridgehead atoms. The summed E-state index contributed by atoms with van der Waals surface area (Å²) in [6.07, 6.45) is 5.24. The van der Waals surface area contributed by atoms with Crippen LogP contribution in [0.25, 0.3) is 21.1 Å². The molecule has 1 aliphatic rings. The van der Waals surface area contributed by atoms with Crippen molar-refractivity contribution in [2.45, 2.75) is 32.1 Å². The maximum atomic E-state index is 12.6. The quantitative estimate of drug-likeness (QED) is 0.468. The van der Waals surface area contributed by atoms with Gasteiger partial charge in [-0.25, -0.2) is 4.98 Å². The van der Waals surface area contributed by atoms with Crippen molar-refractivity contribution in [3.63, 3.8) is 0 Å². The van der Waals surface area contributed by atoms with Gasteiger partial charge in [0.15, 0.2) is 0 Å². The highest BCUT2D eigenvalue weighted by molar-refractivity contribution is 7.18. The predicted octanol–water partition coefficient (Wildman–Crippen LogP) is 4.65. The summed E-state index contributed by atoms with van der Waals surface area (Å²) < 4.78 is 0. The lowest BCUT2D eigenvalue weighted by molar-refractivity contribution is 0.700. The van der Waals surface area contributed by atoms with Crippen molar-refractivity contribution in [3.05, 3.63) is 55.8 Å². The Bertz CT molecular complexity index is 1210. The number of anilines is 1. The Balaban J connectivity index is 1.34. The Morgan fingerprint density at radius 1 is 1.19 bits per heavy atom. The number of aromatic amines is 2.